The van der Waals surface area contributed by atoms with Crippen molar-refractivity contribution in [1.29, 1.82) is 0 Å². The topological polar surface area (TPSA) is 35.5 Å². The summed E-state index contributed by atoms with van der Waals surface area (Å²) in [7, 11) is 0. The first-order chi connectivity index (χ1) is 8.90. The summed E-state index contributed by atoms with van der Waals surface area (Å²) in [5.41, 5.74) is 0.762. The van der Waals surface area contributed by atoms with Gasteiger partial charge in [-0.15, -0.1) is 0 Å². The van der Waals surface area contributed by atoms with Crippen molar-refractivity contribution in [3.63, 3.8) is 0 Å². The van der Waals surface area contributed by atoms with Crippen molar-refractivity contribution in [2.24, 2.45) is 0 Å². The Morgan fingerprint density at radius 3 is 2.32 bits per heavy atom. The largest absolute Gasteiger partial charge is 0.508 e. The summed E-state index contributed by atoms with van der Waals surface area (Å²) in [4.78, 5) is 2.40. The minimum absolute atomic E-state index is 0.0252. The van der Waals surface area contributed by atoms with Gasteiger partial charge >= 0.3 is 0 Å². The Balaban J connectivity index is 2.38. The van der Waals surface area contributed by atoms with Gasteiger partial charge in [0, 0.05) is 37.8 Å². The summed E-state index contributed by atoms with van der Waals surface area (Å²) in [6.07, 6.45) is 0. The van der Waals surface area contributed by atoms with Gasteiger partial charge in [0.2, 0.25) is 0 Å². The molecule has 0 aromatic heterocycles. The van der Waals surface area contributed by atoms with E-state index in [1.54, 1.807) is 6.07 Å². The summed E-state index contributed by atoms with van der Waals surface area (Å²) >= 11 is 0. The van der Waals surface area contributed by atoms with Crippen molar-refractivity contribution >= 4 is 0 Å². The van der Waals surface area contributed by atoms with Crippen LogP contribution in [0.1, 0.15) is 33.3 Å². The molecule has 0 saturated carbocycles. The summed E-state index contributed by atoms with van der Waals surface area (Å²) in [5.74, 6) is -0.425. The predicted octanol–water partition coefficient (Wildman–Crippen LogP) is 2.74. The van der Waals surface area contributed by atoms with E-state index >= 15 is 0 Å². The minimum atomic E-state index is -0.400. The number of phenols is 1. The summed E-state index contributed by atoms with van der Waals surface area (Å²) in [6.45, 7) is 11.1. The van der Waals surface area contributed by atoms with Crippen LogP contribution in [0.2, 0.25) is 0 Å². The molecule has 1 aromatic rings. The van der Waals surface area contributed by atoms with Crippen LogP contribution in [0.15, 0.2) is 18.2 Å². The smallest absolute Gasteiger partial charge is 0.127 e. The molecular weight excluding hydrogens is 243 g/mol. The highest BCUT2D eigenvalue weighted by Gasteiger charge is 2.12. The molecule has 0 bridgehead atoms. The molecule has 0 unspecified atom stereocenters. The number of hydrogen-bond donors (Lipinski definition) is 2. The van der Waals surface area contributed by atoms with E-state index in [4.69, 9.17) is 0 Å². The first-order valence-corrected chi connectivity index (χ1v) is 6.85. The normalized spacial score (nSPS) is 11.8. The van der Waals surface area contributed by atoms with E-state index in [-0.39, 0.29) is 5.75 Å². The van der Waals surface area contributed by atoms with Gasteiger partial charge in [0.15, 0.2) is 0 Å². The molecule has 2 N–H and O–H groups in total. The van der Waals surface area contributed by atoms with E-state index in [1.165, 1.54) is 6.07 Å². The average molecular weight is 268 g/mol. The van der Waals surface area contributed by atoms with Crippen molar-refractivity contribution in [3.8, 4) is 5.75 Å². The van der Waals surface area contributed by atoms with Crippen LogP contribution in [-0.4, -0.2) is 35.2 Å². The molecule has 0 heterocycles. The third kappa shape index (κ3) is 5.57. The van der Waals surface area contributed by atoms with Crippen molar-refractivity contribution in [2.75, 3.05) is 13.1 Å². The van der Waals surface area contributed by atoms with Crippen LogP contribution in [0.5, 0.6) is 5.75 Å². The van der Waals surface area contributed by atoms with Crippen LogP contribution in [-0.2, 0) is 6.54 Å². The third-order valence-electron chi connectivity index (χ3n) is 3.14. The lowest BCUT2D eigenvalue weighted by molar-refractivity contribution is 0.176. The molecule has 0 aliphatic carbocycles. The van der Waals surface area contributed by atoms with Gasteiger partial charge in [0.1, 0.15) is 11.6 Å². The molecule has 19 heavy (non-hydrogen) atoms. The Labute approximate surface area is 115 Å². The van der Waals surface area contributed by atoms with Crippen LogP contribution in [0.3, 0.4) is 0 Å². The van der Waals surface area contributed by atoms with Gasteiger partial charge in [-0.05, 0) is 45.4 Å². The number of benzene rings is 1. The Morgan fingerprint density at radius 2 is 1.79 bits per heavy atom. The Bertz CT molecular complexity index is 365. The van der Waals surface area contributed by atoms with Gasteiger partial charge in [-0.25, -0.2) is 4.39 Å². The second-order valence-corrected chi connectivity index (χ2v) is 5.42. The SMILES string of the molecule is CC(C)N(CCNCc1cc(O)cc(F)c1)C(C)C. The fourth-order valence-corrected chi connectivity index (χ4v) is 2.29. The first kappa shape index (κ1) is 15.9. The van der Waals surface area contributed by atoms with Crippen molar-refractivity contribution in [3.05, 3.63) is 29.6 Å². The molecule has 108 valence electrons. The van der Waals surface area contributed by atoms with E-state index in [0.717, 1.165) is 24.7 Å². The molecule has 0 fully saturated rings. The number of aromatic hydroxyl groups is 1. The zero-order chi connectivity index (χ0) is 14.4. The molecule has 0 aliphatic rings. The summed E-state index contributed by atoms with van der Waals surface area (Å²) in [6, 6.07) is 5.16. The standard InChI is InChI=1S/C15H25FN2O/c1-11(2)18(12(3)4)6-5-17-10-13-7-14(16)9-15(19)8-13/h7-9,11-12,17,19H,5-6,10H2,1-4H3. The minimum Gasteiger partial charge on any atom is -0.508 e. The quantitative estimate of drug-likeness (QED) is 0.746. The number of nitrogens with one attached hydrogen (secondary N) is 1. The summed E-state index contributed by atoms with van der Waals surface area (Å²) in [5, 5.41) is 12.6. The van der Waals surface area contributed by atoms with Crippen LogP contribution in [0.4, 0.5) is 4.39 Å². The number of halogens is 1. The van der Waals surface area contributed by atoms with Crippen molar-refractivity contribution in [2.45, 2.75) is 46.3 Å². The average Bonchev–Trinajstić information content (AvgIpc) is 2.26. The summed E-state index contributed by atoms with van der Waals surface area (Å²) < 4.78 is 13.1. The molecule has 1 aromatic carbocycles. The highest BCUT2D eigenvalue weighted by molar-refractivity contribution is 5.28. The fraction of sp³-hybridized carbons (Fsp3) is 0.600. The van der Waals surface area contributed by atoms with Gasteiger partial charge in [-0.1, -0.05) is 0 Å². The molecule has 1 rings (SSSR count). The van der Waals surface area contributed by atoms with E-state index in [0.29, 0.717) is 18.6 Å². The first-order valence-electron chi connectivity index (χ1n) is 6.85. The highest BCUT2D eigenvalue weighted by Crippen LogP contribution is 2.14. The molecule has 0 atom stereocenters. The Kier molecular flexibility index (Phi) is 6.25. The lowest BCUT2D eigenvalue weighted by atomic mass is 10.2. The fourth-order valence-electron chi connectivity index (χ4n) is 2.29. The molecule has 0 saturated heterocycles. The van der Waals surface area contributed by atoms with E-state index in [2.05, 4.69) is 37.9 Å². The number of rotatable bonds is 7. The highest BCUT2D eigenvalue weighted by atomic mass is 19.1. The van der Waals surface area contributed by atoms with E-state index in [9.17, 15) is 9.50 Å². The molecule has 0 amide bonds. The molecule has 4 heteroatoms. The van der Waals surface area contributed by atoms with Crippen LogP contribution >= 0.6 is 0 Å². The Hall–Kier alpha value is -1.13. The second-order valence-electron chi connectivity index (χ2n) is 5.42. The van der Waals surface area contributed by atoms with Gasteiger partial charge in [0.25, 0.3) is 0 Å². The molecule has 0 spiro atoms. The third-order valence-corrected chi connectivity index (χ3v) is 3.14. The van der Waals surface area contributed by atoms with Crippen LogP contribution < -0.4 is 5.32 Å². The van der Waals surface area contributed by atoms with Gasteiger partial charge < -0.3 is 10.4 Å². The molecule has 3 nitrogen and oxygen atoms in total. The van der Waals surface area contributed by atoms with E-state index in [1.807, 2.05) is 0 Å². The second kappa shape index (κ2) is 7.46. The maximum Gasteiger partial charge on any atom is 0.127 e. The number of phenolic OH excluding ortho intramolecular Hbond substituents is 1. The molecule has 0 aliphatic heterocycles. The van der Waals surface area contributed by atoms with Crippen LogP contribution in [0.25, 0.3) is 0 Å². The zero-order valence-electron chi connectivity index (χ0n) is 12.3. The van der Waals surface area contributed by atoms with Crippen molar-refractivity contribution in [1.82, 2.24) is 10.2 Å². The lowest BCUT2D eigenvalue weighted by Gasteiger charge is -2.30. The molecular formula is C15H25FN2O. The van der Waals surface area contributed by atoms with Gasteiger partial charge in [-0.3, -0.25) is 4.90 Å². The predicted molar refractivity (Wildman–Crippen MR) is 76.7 cm³/mol. The maximum atomic E-state index is 13.1. The zero-order valence-corrected chi connectivity index (χ0v) is 12.3. The monoisotopic (exact) mass is 268 g/mol. The van der Waals surface area contributed by atoms with Gasteiger partial charge in [-0.2, -0.15) is 0 Å². The Morgan fingerprint density at radius 1 is 1.16 bits per heavy atom. The number of nitrogens with zero attached hydrogens (tertiary/aromatic N) is 1. The van der Waals surface area contributed by atoms with Gasteiger partial charge in [0.05, 0.1) is 0 Å². The van der Waals surface area contributed by atoms with Crippen molar-refractivity contribution < 1.29 is 9.50 Å². The number of hydrogen-bond acceptors (Lipinski definition) is 3. The maximum absolute atomic E-state index is 13.1. The van der Waals surface area contributed by atoms with E-state index < -0.39 is 5.82 Å². The molecule has 0 radical (unpaired) electrons. The van der Waals surface area contributed by atoms with Crippen LogP contribution in [0, 0.1) is 5.82 Å². The lowest BCUT2D eigenvalue weighted by Crippen LogP contribution is -2.41.